The predicted octanol–water partition coefficient (Wildman–Crippen LogP) is 4.10. The van der Waals surface area contributed by atoms with E-state index in [4.69, 9.17) is 0 Å². The van der Waals surface area contributed by atoms with E-state index in [1.807, 2.05) is 60.8 Å². The maximum absolute atomic E-state index is 13.4. The molecule has 1 saturated heterocycles. The SMILES string of the molecule is CC(C)NC(=O)Cn1c(-c2ccccc2)cn2cc(CCCCN3CCCCC3)cc2c1=O. The molecule has 0 saturated carbocycles. The molecule has 3 aromatic rings. The number of piperidine rings is 1. The van der Waals surface area contributed by atoms with Crippen LogP contribution in [0.4, 0.5) is 0 Å². The monoisotopic (exact) mass is 448 g/mol. The minimum atomic E-state index is -0.155. The van der Waals surface area contributed by atoms with Crippen LogP contribution >= 0.6 is 0 Å². The Morgan fingerprint density at radius 1 is 1.03 bits per heavy atom. The lowest BCUT2D eigenvalue weighted by Crippen LogP contribution is -2.36. The highest BCUT2D eigenvalue weighted by atomic mass is 16.2. The van der Waals surface area contributed by atoms with Crippen molar-refractivity contribution in [2.75, 3.05) is 19.6 Å². The number of benzene rings is 1. The lowest BCUT2D eigenvalue weighted by atomic mass is 10.1. The van der Waals surface area contributed by atoms with Gasteiger partial charge in [0.25, 0.3) is 5.56 Å². The molecule has 1 aliphatic rings. The Morgan fingerprint density at radius 3 is 2.52 bits per heavy atom. The van der Waals surface area contributed by atoms with Crippen molar-refractivity contribution in [3.63, 3.8) is 0 Å². The van der Waals surface area contributed by atoms with Crippen LogP contribution in [0, 0.1) is 0 Å². The zero-order valence-electron chi connectivity index (χ0n) is 19.9. The number of likely N-dealkylation sites (tertiary alicyclic amines) is 1. The highest BCUT2D eigenvalue weighted by molar-refractivity contribution is 5.77. The van der Waals surface area contributed by atoms with Gasteiger partial charge in [-0.3, -0.25) is 14.2 Å². The van der Waals surface area contributed by atoms with Gasteiger partial charge in [0.05, 0.1) is 5.69 Å². The molecule has 176 valence electrons. The summed E-state index contributed by atoms with van der Waals surface area (Å²) in [5.74, 6) is -0.155. The molecule has 0 unspecified atom stereocenters. The summed E-state index contributed by atoms with van der Waals surface area (Å²) < 4.78 is 3.53. The number of aryl methyl sites for hydroxylation is 1. The van der Waals surface area contributed by atoms with Gasteiger partial charge in [0.1, 0.15) is 12.1 Å². The number of carbonyl (C=O) groups is 1. The van der Waals surface area contributed by atoms with Crippen molar-refractivity contribution >= 4 is 11.4 Å². The average Bonchev–Trinajstić information content (AvgIpc) is 3.22. The van der Waals surface area contributed by atoms with Crippen LogP contribution in [0.5, 0.6) is 0 Å². The molecule has 0 bridgehead atoms. The summed E-state index contributed by atoms with van der Waals surface area (Å²) in [6.45, 7) is 7.50. The molecule has 0 aliphatic carbocycles. The molecule has 33 heavy (non-hydrogen) atoms. The van der Waals surface area contributed by atoms with Crippen LogP contribution in [0.3, 0.4) is 0 Å². The molecule has 1 fully saturated rings. The van der Waals surface area contributed by atoms with E-state index in [1.165, 1.54) is 50.9 Å². The highest BCUT2D eigenvalue weighted by Gasteiger charge is 2.16. The molecule has 3 heterocycles. The van der Waals surface area contributed by atoms with Crippen molar-refractivity contribution in [3.8, 4) is 11.3 Å². The smallest absolute Gasteiger partial charge is 0.275 e. The largest absolute Gasteiger partial charge is 0.352 e. The molecule has 2 aromatic heterocycles. The van der Waals surface area contributed by atoms with Gasteiger partial charge in [-0.25, -0.2) is 0 Å². The molecule has 1 aromatic carbocycles. The Labute approximate surface area is 196 Å². The number of hydrogen-bond acceptors (Lipinski definition) is 3. The lowest BCUT2D eigenvalue weighted by molar-refractivity contribution is -0.122. The van der Waals surface area contributed by atoms with E-state index in [1.54, 1.807) is 4.57 Å². The van der Waals surface area contributed by atoms with E-state index >= 15 is 0 Å². The summed E-state index contributed by atoms with van der Waals surface area (Å²) in [4.78, 5) is 28.5. The molecular formula is C27H36N4O2. The van der Waals surface area contributed by atoms with Crippen LogP contribution in [0.25, 0.3) is 16.8 Å². The third-order valence-electron chi connectivity index (χ3n) is 6.38. The minimum absolute atomic E-state index is 0.00802. The third kappa shape index (κ3) is 5.93. The van der Waals surface area contributed by atoms with Gasteiger partial charge >= 0.3 is 0 Å². The van der Waals surface area contributed by atoms with Crippen molar-refractivity contribution < 1.29 is 4.79 Å². The summed E-state index contributed by atoms with van der Waals surface area (Å²) in [5.41, 5.74) is 3.34. The first-order valence-corrected chi connectivity index (χ1v) is 12.3. The molecule has 0 spiro atoms. The minimum Gasteiger partial charge on any atom is -0.352 e. The van der Waals surface area contributed by atoms with Gasteiger partial charge in [0, 0.05) is 18.4 Å². The van der Waals surface area contributed by atoms with Gasteiger partial charge in [-0.2, -0.15) is 0 Å². The van der Waals surface area contributed by atoms with E-state index in [0.717, 1.165) is 24.1 Å². The molecule has 4 rings (SSSR count). The molecule has 1 N–H and O–H groups in total. The Hall–Kier alpha value is -2.86. The Balaban J connectivity index is 1.56. The average molecular weight is 449 g/mol. The normalized spacial score (nSPS) is 14.8. The van der Waals surface area contributed by atoms with E-state index < -0.39 is 0 Å². The number of amides is 1. The van der Waals surface area contributed by atoms with Crippen LogP contribution in [0.2, 0.25) is 0 Å². The Bertz CT molecular complexity index is 1120. The quantitative estimate of drug-likeness (QED) is 0.502. The zero-order chi connectivity index (χ0) is 23.2. The van der Waals surface area contributed by atoms with Crippen LogP contribution in [-0.4, -0.2) is 45.5 Å². The number of hydrogen-bond donors (Lipinski definition) is 1. The summed E-state index contributed by atoms with van der Waals surface area (Å²) in [5, 5.41) is 2.90. The van der Waals surface area contributed by atoms with Crippen LogP contribution < -0.4 is 10.9 Å². The zero-order valence-corrected chi connectivity index (χ0v) is 19.9. The molecule has 6 nitrogen and oxygen atoms in total. The predicted molar refractivity (Wildman–Crippen MR) is 134 cm³/mol. The molecule has 0 radical (unpaired) electrons. The Morgan fingerprint density at radius 2 is 1.79 bits per heavy atom. The number of rotatable bonds is 9. The second-order valence-corrected chi connectivity index (χ2v) is 9.49. The number of fused-ring (bicyclic) bond motifs is 1. The van der Waals surface area contributed by atoms with Crippen LogP contribution in [0.15, 0.2) is 53.6 Å². The summed E-state index contributed by atoms with van der Waals surface area (Å²) >= 11 is 0. The summed E-state index contributed by atoms with van der Waals surface area (Å²) in [6.07, 6.45) is 11.3. The number of nitrogens with zero attached hydrogens (tertiary/aromatic N) is 3. The number of aromatic nitrogens is 2. The fraction of sp³-hybridized carbons (Fsp3) is 0.481. The van der Waals surface area contributed by atoms with Crippen LogP contribution in [-0.2, 0) is 17.8 Å². The van der Waals surface area contributed by atoms with Gasteiger partial charge in [-0.1, -0.05) is 36.8 Å². The van der Waals surface area contributed by atoms with E-state index in [-0.39, 0.29) is 24.1 Å². The van der Waals surface area contributed by atoms with Crippen molar-refractivity contribution in [2.24, 2.45) is 0 Å². The summed E-state index contributed by atoms with van der Waals surface area (Å²) in [7, 11) is 0. The maximum Gasteiger partial charge on any atom is 0.275 e. The van der Waals surface area contributed by atoms with Crippen LogP contribution in [0.1, 0.15) is 51.5 Å². The topological polar surface area (TPSA) is 58.8 Å². The number of nitrogens with one attached hydrogen (secondary N) is 1. The first kappa shape index (κ1) is 23.3. The molecule has 1 aliphatic heterocycles. The first-order chi connectivity index (χ1) is 16.0. The highest BCUT2D eigenvalue weighted by Crippen LogP contribution is 2.20. The van der Waals surface area contributed by atoms with Gasteiger partial charge in [0.15, 0.2) is 0 Å². The van der Waals surface area contributed by atoms with E-state index in [9.17, 15) is 9.59 Å². The number of unbranched alkanes of at least 4 members (excludes halogenated alkanes) is 1. The van der Waals surface area contributed by atoms with Crippen molar-refractivity contribution in [2.45, 2.75) is 65.0 Å². The second-order valence-electron chi connectivity index (χ2n) is 9.49. The molecule has 0 atom stereocenters. The van der Waals surface area contributed by atoms with Gasteiger partial charge in [-0.05, 0) is 82.8 Å². The van der Waals surface area contributed by atoms with Crippen molar-refractivity contribution in [1.82, 2.24) is 19.2 Å². The van der Waals surface area contributed by atoms with Gasteiger partial charge < -0.3 is 14.6 Å². The standard InChI is InChI=1S/C27H36N4O2/c1-21(2)28-26(32)20-31-25(23-12-5-3-6-13-23)19-30-18-22(17-24(30)27(31)33)11-7-10-16-29-14-8-4-9-15-29/h3,5-6,12-13,17-19,21H,4,7-11,14-16,20H2,1-2H3,(H,28,32). The maximum atomic E-state index is 13.4. The fourth-order valence-corrected chi connectivity index (χ4v) is 4.76. The van der Waals surface area contributed by atoms with E-state index in [0.29, 0.717) is 5.52 Å². The van der Waals surface area contributed by atoms with Gasteiger partial charge in [-0.15, -0.1) is 0 Å². The van der Waals surface area contributed by atoms with E-state index in [2.05, 4.69) is 16.4 Å². The first-order valence-electron chi connectivity index (χ1n) is 12.3. The third-order valence-corrected chi connectivity index (χ3v) is 6.38. The van der Waals surface area contributed by atoms with Crippen molar-refractivity contribution in [1.29, 1.82) is 0 Å². The molecule has 6 heteroatoms. The van der Waals surface area contributed by atoms with Gasteiger partial charge in [0.2, 0.25) is 5.91 Å². The fourth-order valence-electron chi connectivity index (χ4n) is 4.76. The lowest BCUT2D eigenvalue weighted by Gasteiger charge is -2.26. The molecule has 1 amide bonds. The number of carbonyl (C=O) groups excluding carboxylic acids is 1. The van der Waals surface area contributed by atoms with Crippen molar-refractivity contribution in [3.05, 3.63) is 64.7 Å². The molecular weight excluding hydrogens is 412 g/mol. The second kappa shape index (κ2) is 10.8. The Kier molecular flexibility index (Phi) is 7.65. The summed E-state index contributed by atoms with van der Waals surface area (Å²) in [6, 6.07) is 11.8.